The Bertz CT molecular complexity index is 1030. The van der Waals surface area contributed by atoms with E-state index in [0.29, 0.717) is 25.9 Å². The van der Waals surface area contributed by atoms with Crippen LogP contribution in [0.25, 0.3) is 0 Å². The minimum Gasteiger partial charge on any atom is -0.466 e. The fourth-order valence-electron chi connectivity index (χ4n) is 9.16. The number of amides is 1. The molecule has 390 valence electrons. The van der Waals surface area contributed by atoms with Gasteiger partial charge >= 0.3 is 5.97 Å². The molecule has 0 saturated carbocycles. The number of hydrogen-bond donors (Lipinski definition) is 3. The number of carbonyl (C=O) groups is 2. The lowest BCUT2D eigenvalue weighted by Crippen LogP contribution is -2.45. The predicted molar refractivity (Wildman–Crippen MR) is 287 cm³/mol. The standard InChI is InChI=1S/C60H115NO5/c1-3-5-7-9-11-13-15-17-18-19-20-21-22-23-24-25-26-27-28-30-32-36-40-44-48-52-58(63)57(56-62)61-59(64)53-49-45-41-37-33-31-35-39-43-47-51-55-66-60(65)54-50-46-42-38-34-29-16-14-12-10-8-6-4-2/h14,16,35,39,57-58,62-63H,3-13,15,17-34,36-38,40-56H2,1-2H3,(H,61,64)/b16-14-,39-35-. The monoisotopic (exact) mass is 930 g/mol. The third kappa shape index (κ3) is 51.7. The average Bonchev–Trinajstić information content (AvgIpc) is 3.32. The normalized spacial score (nSPS) is 12.7. The zero-order valence-corrected chi connectivity index (χ0v) is 44.4. The largest absolute Gasteiger partial charge is 0.466 e. The van der Waals surface area contributed by atoms with Crippen LogP contribution in [0.2, 0.25) is 0 Å². The van der Waals surface area contributed by atoms with Crippen molar-refractivity contribution in [3.05, 3.63) is 24.3 Å². The maximum Gasteiger partial charge on any atom is 0.305 e. The van der Waals surface area contributed by atoms with E-state index in [2.05, 4.69) is 43.5 Å². The first-order chi connectivity index (χ1) is 32.5. The zero-order chi connectivity index (χ0) is 47.9. The molecule has 3 N–H and O–H groups in total. The molecule has 0 bridgehead atoms. The van der Waals surface area contributed by atoms with Crippen LogP contribution in [-0.4, -0.2) is 47.4 Å². The van der Waals surface area contributed by atoms with Gasteiger partial charge in [-0.15, -0.1) is 0 Å². The summed E-state index contributed by atoms with van der Waals surface area (Å²) in [7, 11) is 0. The van der Waals surface area contributed by atoms with Crippen molar-refractivity contribution in [3.8, 4) is 0 Å². The molecule has 6 nitrogen and oxygen atoms in total. The van der Waals surface area contributed by atoms with Crippen LogP contribution in [0, 0.1) is 0 Å². The van der Waals surface area contributed by atoms with Crippen LogP contribution in [0.3, 0.4) is 0 Å². The van der Waals surface area contributed by atoms with Crippen molar-refractivity contribution in [2.45, 2.75) is 334 Å². The fourth-order valence-corrected chi connectivity index (χ4v) is 9.16. The van der Waals surface area contributed by atoms with Gasteiger partial charge in [-0.1, -0.05) is 256 Å². The number of hydrogen-bond acceptors (Lipinski definition) is 5. The van der Waals surface area contributed by atoms with Crippen molar-refractivity contribution in [3.63, 3.8) is 0 Å². The van der Waals surface area contributed by atoms with Crippen molar-refractivity contribution in [2.24, 2.45) is 0 Å². The average molecular weight is 931 g/mol. The van der Waals surface area contributed by atoms with Crippen LogP contribution in [-0.2, 0) is 14.3 Å². The molecule has 0 aliphatic carbocycles. The summed E-state index contributed by atoms with van der Waals surface area (Å²) in [5.74, 6) is -0.101. The Balaban J connectivity index is 3.49. The van der Waals surface area contributed by atoms with E-state index in [1.54, 1.807) is 0 Å². The summed E-state index contributed by atoms with van der Waals surface area (Å²) < 4.78 is 5.43. The number of aliphatic hydroxyl groups is 2. The van der Waals surface area contributed by atoms with Crippen molar-refractivity contribution in [1.82, 2.24) is 5.32 Å². The van der Waals surface area contributed by atoms with Gasteiger partial charge in [0.25, 0.3) is 0 Å². The molecule has 0 aromatic heterocycles. The van der Waals surface area contributed by atoms with Gasteiger partial charge in [0.05, 0.1) is 25.4 Å². The Morgan fingerprint density at radius 1 is 0.409 bits per heavy atom. The molecule has 2 atom stereocenters. The second-order valence-electron chi connectivity index (χ2n) is 20.3. The molecule has 0 saturated heterocycles. The van der Waals surface area contributed by atoms with E-state index in [9.17, 15) is 19.8 Å². The number of carbonyl (C=O) groups excluding carboxylic acids is 2. The van der Waals surface area contributed by atoms with Crippen LogP contribution < -0.4 is 5.32 Å². The molecule has 6 heteroatoms. The van der Waals surface area contributed by atoms with Gasteiger partial charge in [-0.05, 0) is 77.0 Å². The molecule has 0 aromatic rings. The Labute approximate surface area is 411 Å². The molecule has 1 amide bonds. The highest BCUT2D eigenvalue weighted by Crippen LogP contribution is 2.17. The lowest BCUT2D eigenvalue weighted by molar-refractivity contribution is -0.143. The number of unbranched alkanes of at least 4 members (excludes halogenated alkanes) is 40. The number of aliphatic hydroxyl groups excluding tert-OH is 2. The van der Waals surface area contributed by atoms with Crippen LogP contribution in [0.4, 0.5) is 0 Å². The van der Waals surface area contributed by atoms with Crippen molar-refractivity contribution in [2.75, 3.05) is 13.2 Å². The summed E-state index contributed by atoms with van der Waals surface area (Å²) >= 11 is 0. The molecule has 2 unspecified atom stereocenters. The predicted octanol–water partition coefficient (Wildman–Crippen LogP) is 18.2. The topological polar surface area (TPSA) is 95.9 Å². The van der Waals surface area contributed by atoms with E-state index >= 15 is 0 Å². The minimum absolute atomic E-state index is 0.0395. The molecular formula is C60H115NO5. The van der Waals surface area contributed by atoms with E-state index in [0.717, 1.165) is 83.5 Å². The van der Waals surface area contributed by atoms with Gasteiger partial charge in [0.2, 0.25) is 5.91 Å². The molecular weight excluding hydrogens is 815 g/mol. The minimum atomic E-state index is -0.684. The number of allylic oxidation sites excluding steroid dienone is 4. The molecule has 0 aliphatic rings. The van der Waals surface area contributed by atoms with Gasteiger partial charge < -0.3 is 20.3 Å². The Kier molecular flexibility index (Phi) is 54.5. The maximum atomic E-state index is 12.5. The Morgan fingerprint density at radius 3 is 1.09 bits per heavy atom. The number of esters is 1. The third-order valence-corrected chi connectivity index (χ3v) is 13.7. The fraction of sp³-hybridized carbons (Fsp3) is 0.900. The maximum absolute atomic E-state index is 12.5. The van der Waals surface area contributed by atoms with Crippen molar-refractivity contribution < 1.29 is 24.5 Å². The van der Waals surface area contributed by atoms with E-state index in [1.807, 2.05) is 0 Å². The van der Waals surface area contributed by atoms with Crippen molar-refractivity contribution >= 4 is 11.9 Å². The molecule has 0 aromatic carbocycles. The summed E-state index contributed by atoms with van der Waals surface area (Å²) in [6.07, 6.45) is 67.5. The lowest BCUT2D eigenvalue weighted by atomic mass is 10.0. The van der Waals surface area contributed by atoms with Crippen LogP contribution >= 0.6 is 0 Å². The van der Waals surface area contributed by atoms with Crippen LogP contribution in [0.1, 0.15) is 322 Å². The summed E-state index contributed by atoms with van der Waals surface area (Å²) in [4.78, 5) is 24.5. The summed E-state index contributed by atoms with van der Waals surface area (Å²) in [6.45, 7) is 4.87. The number of nitrogens with one attached hydrogen (secondary N) is 1. The summed E-state index contributed by atoms with van der Waals surface area (Å²) in [5.41, 5.74) is 0. The Hall–Kier alpha value is -1.66. The molecule has 0 heterocycles. The molecule has 0 rings (SSSR count). The van der Waals surface area contributed by atoms with Gasteiger partial charge in [0.15, 0.2) is 0 Å². The molecule has 0 spiro atoms. The quantitative estimate of drug-likeness (QED) is 0.0321. The molecule has 0 fully saturated rings. The summed E-state index contributed by atoms with van der Waals surface area (Å²) in [5, 5.41) is 23.3. The van der Waals surface area contributed by atoms with Crippen LogP contribution in [0.5, 0.6) is 0 Å². The van der Waals surface area contributed by atoms with Gasteiger partial charge in [-0.25, -0.2) is 0 Å². The molecule has 0 radical (unpaired) electrons. The third-order valence-electron chi connectivity index (χ3n) is 13.7. The molecule has 0 aliphatic heterocycles. The van der Waals surface area contributed by atoms with Gasteiger partial charge in [0, 0.05) is 12.8 Å². The molecule has 66 heavy (non-hydrogen) atoms. The SMILES string of the molecule is CCCCCC/C=C\CCCCCCCC(=O)OCCCC/C=C\CCCCCCCC(=O)NC(CO)C(O)CCCCCCCCCCCCCCCCCCCCCCCCCCC. The van der Waals surface area contributed by atoms with E-state index in [1.165, 1.54) is 205 Å². The van der Waals surface area contributed by atoms with E-state index in [-0.39, 0.29) is 18.5 Å². The van der Waals surface area contributed by atoms with Crippen molar-refractivity contribution in [1.29, 1.82) is 0 Å². The number of ether oxygens (including phenoxy) is 1. The second-order valence-corrected chi connectivity index (χ2v) is 20.3. The first-order valence-electron chi connectivity index (χ1n) is 29.6. The smallest absolute Gasteiger partial charge is 0.305 e. The first kappa shape index (κ1) is 64.3. The second kappa shape index (κ2) is 55.9. The highest BCUT2D eigenvalue weighted by Gasteiger charge is 2.20. The van der Waals surface area contributed by atoms with Crippen LogP contribution in [0.15, 0.2) is 24.3 Å². The first-order valence-corrected chi connectivity index (χ1v) is 29.6. The zero-order valence-electron chi connectivity index (χ0n) is 44.4. The highest BCUT2D eigenvalue weighted by atomic mass is 16.5. The summed E-state index contributed by atoms with van der Waals surface area (Å²) in [6, 6.07) is -0.564. The van der Waals surface area contributed by atoms with E-state index in [4.69, 9.17) is 4.74 Å². The Morgan fingerprint density at radius 2 is 0.712 bits per heavy atom. The highest BCUT2D eigenvalue weighted by molar-refractivity contribution is 5.76. The lowest BCUT2D eigenvalue weighted by Gasteiger charge is -2.22. The van der Waals surface area contributed by atoms with Gasteiger partial charge in [-0.2, -0.15) is 0 Å². The van der Waals surface area contributed by atoms with E-state index < -0.39 is 12.1 Å². The number of rotatable bonds is 55. The van der Waals surface area contributed by atoms with Gasteiger partial charge in [0.1, 0.15) is 0 Å². The van der Waals surface area contributed by atoms with Gasteiger partial charge in [-0.3, -0.25) is 9.59 Å².